The summed E-state index contributed by atoms with van der Waals surface area (Å²) in [6, 6.07) is 12.1. The Kier molecular flexibility index (Phi) is 12.6. The lowest BCUT2D eigenvalue weighted by Crippen LogP contribution is -2.38. The van der Waals surface area contributed by atoms with Gasteiger partial charge in [0.2, 0.25) is 5.28 Å². The van der Waals surface area contributed by atoms with Gasteiger partial charge < -0.3 is 24.5 Å². The van der Waals surface area contributed by atoms with Gasteiger partial charge in [-0.25, -0.2) is 27.4 Å². The van der Waals surface area contributed by atoms with Gasteiger partial charge in [-0.2, -0.15) is 18.3 Å². The van der Waals surface area contributed by atoms with Crippen LogP contribution in [0.3, 0.4) is 0 Å². The molecule has 0 aliphatic rings. The van der Waals surface area contributed by atoms with E-state index in [1.165, 1.54) is 19.1 Å². The lowest BCUT2D eigenvalue weighted by atomic mass is 10.1. The Bertz CT molecular complexity index is 1680. The molecule has 16 nitrogen and oxygen atoms in total. The molecule has 0 spiro atoms. The van der Waals surface area contributed by atoms with Gasteiger partial charge in [-0.05, 0) is 51.1 Å². The van der Waals surface area contributed by atoms with Crippen LogP contribution in [0.15, 0.2) is 64.8 Å². The van der Waals surface area contributed by atoms with Crippen LogP contribution in [0.2, 0.25) is 0 Å². The molecule has 1 heterocycles. The van der Waals surface area contributed by atoms with Crippen LogP contribution in [0.25, 0.3) is 16.9 Å². The maximum absolute atomic E-state index is 13.5. The molecule has 1 unspecified atom stereocenters. The molecular weight excluding hydrogens is 669 g/mol. The fourth-order valence-corrected chi connectivity index (χ4v) is 4.68. The Morgan fingerprint density at radius 3 is 2.31 bits per heavy atom. The summed E-state index contributed by atoms with van der Waals surface area (Å²) in [5, 5.41) is 29.2. The van der Waals surface area contributed by atoms with E-state index in [2.05, 4.69) is 10.4 Å². The number of ether oxygens (including phenoxy) is 3. The van der Waals surface area contributed by atoms with Gasteiger partial charge in [0, 0.05) is 12.5 Å². The van der Waals surface area contributed by atoms with Crippen molar-refractivity contribution in [2.45, 2.75) is 51.2 Å². The van der Waals surface area contributed by atoms with Crippen molar-refractivity contribution in [1.82, 2.24) is 19.5 Å². The molecule has 0 aliphatic carbocycles. The van der Waals surface area contributed by atoms with Crippen LogP contribution >= 0.6 is 0 Å². The van der Waals surface area contributed by atoms with Gasteiger partial charge in [-0.15, -0.1) is 5.01 Å². The standard InChI is InChI=1S/C28H33F3N6O10S/c1-18(2)45-27(40)46-20(4)47-34-37(41)35(13-15-38)14-16-44-26(39)33-48(42,43)23-11-9-22(10-12-23)36-24(17-25(32-36)28(29,30)31)21-7-5-19(3)6-8-21/h5-12,17-18,20,38H,13-16H2,1-4H3,(H,33,39)/b37-34-. The number of halogens is 3. The van der Waals surface area contributed by atoms with Gasteiger partial charge in [0.05, 0.1) is 34.0 Å². The van der Waals surface area contributed by atoms with Crippen molar-refractivity contribution in [2.75, 3.05) is 26.3 Å². The molecule has 20 heteroatoms. The number of aliphatic hydroxyl groups excluding tert-OH is 1. The van der Waals surface area contributed by atoms with E-state index in [4.69, 9.17) is 19.0 Å². The van der Waals surface area contributed by atoms with Crippen molar-refractivity contribution in [3.05, 3.63) is 71.1 Å². The summed E-state index contributed by atoms with van der Waals surface area (Å²) in [4.78, 5) is 27.9. The quantitative estimate of drug-likeness (QED) is 0.0796. The van der Waals surface area contributed by atoms with Crippen molar-refractivity contribution < 1.29 is 60.3 Å². The predicted octanol–water partition coefficient (Wildman–Crippen LogP) is 4.29. The summed E-state index contributed by atoms with van der Waals surface area (Å²) < 4.78 is 83.1. The molecule has 2 N–H and O–H groups in total. The second kappa shape index (κ2) is 16.1. The largest absolute Gasteiger partial charge is 0.569 e. The molecule has 1 amide bonds. The molecule has 3 rings (SSSR count). The highest BCUT2D eigenvalue weighted by Crippen LogP contribution is 2.33. The minimum Gasteiger partial charge on any atom is -0.569 e. The van der Waals surface area contributed by atoms with Crippen LogP contribution in [0.1, 0.15) is 32.0 Å². The number of aromatic nitrogens is 2. The summed E-state index contributed by atoms with van der Waals surface area (Å²) in [6.07, 6.45) is -9.00. The highest BCUT2D eigenvalue weighted by molar-refractivity contribution is 7.90. The monoisotopic (exact) mass is 702 g/mol. The number of hydrogen-bond donors (Lipinski definition) is 2. The van der Waals surface area contributed by atoms with Crippen molar-refractivity contribution in [1.29, 1.82) is 0 Å². The molecular formula is C28H33F3N6O10S. The second-order valence-electron chi connectivity index (χ2n) is 10.1. The van der Waals surface area contributed by atoms with Gasteiger partial charge in [0.15, 0.2) is 5.69 Å². The minimum atomic E-state index is -4.74. The highest BCUT2D eigenvalue weighted by Gasteiger charge is 2.35. The van der Waals surface area contributed by atoms with Gasteiger partial charge in [0.1, 0.15) is 19.7 Å². The van der Waals surface area contributed by atoms with Gasteiger partial charge in [0.25, 0.3) is 16.3 Å². The number of benzene rings is 2. The summed E-state index contributed by atoms with van der Waals surface area (Å²) in [5.41, 5.74) is 0.404. The Hall–Kier alpha value is -5.11. The summed E-state index contributed by atoms with van der Waals surface area (Å²) >= 11 is 0. The number of rotatable bonds is 14. The zero-order valence-electron chi connectivity index (χ0n) is 26.1. The van der Waals surface area contributed by atoms with E-state index in [1.54, 1.807) is 42.8 Å². The second-order valence-corrected chi connectivity index (χ2v) is 11.8. The third kappa shape index (κ3) is 10.7. The Morgan fingerprint density at radius 1 is 1.08 bits per heavy atom. The lowest BCUT2D eigenvalue weighted by molar-refractivity contribution is -0.713. The molecule has 0 aliphatic heterocycles. The molecule has 2 aromatic carbocycles. The van der Waals surface area contributed by atoms with Crippen molar-refractivity contribution in [2.24, 2.45) is 5.28 Å². The summed E-state index contributed by atoms with van der Waals surface area (Å²) in [5.74, 6) is 0. The molecule has 0 saturated heterocycles. The Morgan fingerprint density at radius 2 is 1.73 bits per heavy atom. The molecule has 3 aromatic rings. The minimum absolute atomic E-state index is 0.106. The Balaban J connectivity index is 1.63. The summed E-state index contributed by atoms with van der Waals surface area (Å²) in [7, 11) is -4.51. The van der Waals surface area contributed by atoms with E-state index in [9.17, 15) is 41.5 Å². The van der Waals surface area contributed by atoms with Crippen LogP contribution in [0.4, 0.5) is 22.8 Å². The number of hydrazine groups is 1. The first kappa shape index (κ1) is 37.3. The fourth-order valence-electron chi connectivity index (χ4n) is 3.79. The number of aliphatic hydroxyl groups is 1. The molecule has 0 bridgehead atoms. The molecule has 1 aromatic heterocycles. The zero-order valence-corrected chi connectivity index (χ0v) is 26.9. The molecule has 0 radical (unpaired) electrons. The topological polar surface area (TPSA) is 197 Å². The fraction of sp³-hybridized carbons (Fsp3) is 0.393. The van der Waals surface area contributed by atoms with Gasteiger partial charge in [-0.3, -0.25) is 4.84 Å². The van der Waals surface area contributed by atoms with Crippen LogP contribution in [-0.4, -0.2) is 84.2 Å². The normalized spacial score (nSPS) is 12.7. The number of alkyl halides is 3. The first-order valence-electron chi connectivity index (χ1n) is 14.1. The molecule has 0 saturated carbocycles. The number of carbonyl (C=O) groups excluding carboxylic acids is 2. The van der Waals surface area contributed by atoms with E-state index in [-0.39, 0.29) is 29.4 Å². The van der Waals surface area contributed by atoms with E-state index in [1.807, 2.05) is 6.92 Å². The van der Waals surface area contributed by atoms with E-state index >= 15 is 0 Å². The van der Waals surface area contributed by atoms with Crippen LogP contribution in [0, 0.1) is 12.1 Å². The smallest absolute Gasteiger partial charge is 0.511 e. The lowest BCUT2D eigenvalue weighted by Gasteiger charge is -2.18. The third-order valence-electron chi connectivity index (χ3n) is 6.00. The average Bonchev–Trinajstić information content (AvgIpc) is 3.46. The number of nitrogens with one attached hydrogen (secondary N) is 1. The number of sulfonamides is 1. The number of hydrogen-bond acceptors (Lipinski definition) is 12. The predicted molar refractivity (Wildman–Crippen MR) is 158 cm³/mol. The van der Waals surface area contributed by atoms with Crippen LogP contribution in [0.5, 0.6) is 0 Å². The van der Waals surface area contributed by atoms with E-state index in [0.29, 0.717) is 5.56 Å². The molecule has 48 heavy (non-hydrogen) atoms. The van der Waals surface area contributed by atoms with Gasteiger partial charge in [-0.1, -0.05) is 29.8 Å². The van der Waals surface area contributed by atoms with Crippen molar-refractivity contribution in [3.63, 3.8) is 0 Å². The first-order valence-corrected chi connectivity index (χ1v) is 15.6. The van der Waals surface area contributed by atoms with Crippen molar-refractivity contribution in [3.8, 4) is 16.9 Å². The number of amides is 1. The Labute approximate surface area is 272 Å². The van der Waals surface area contributed by atoms with Crippen molar-refractivity contribution >= 4 is 22.3 Å². The molecule has 0 fully saturated rings. The number of aryl methyl sites for hydroxylation is 1. The number of carbonyl (C=O) groups is 2. The third-order valence-corrected chi connectivity index (χ3v) is 7.33. The SMILES string of the molecule is Cc1ccc(-c2cc(C(F)(F)F)nn2-c2ccc(S(=O)(=O)NC(=O)OCCN(CCO)/[N+]([O-])=N/OC(C)OC(=O)OC(C)C)cc2)cc1. The van der Waals surface area contributed by atoms with Gasteiger partial charge >= 0.3 is 18.4 Å². The zero-order chi connectivity index (χ0) is 35.6. The number of nitrogens with zero attached hydrogens (tertiary/aromatic N) is 5. The van der Waals surface area contributed by atoms with E-state index in [0.717, 1.165) is 33.5 Å². The van der Waals surface area contributed by atoms with Crippen LogP contribution in [-0.2, 0) is 35.2 Å². The maximum atomic E-state index is 13.5. The van der Waals surface area contributed by atoms with Crippen LogP contribution < -0.4 is 4.72 Å². The molecule has 1 atom stereocenters. The van der Waals surface area contributed by atoms with E-state index < -0.39 is 64.6 Å². The highest BCUT2D eigenvalue weighted by atomic mass is 32.2. The molecule has 262 valence electrons. The average molecular weight is 703 g/mol. The first-order chi connectivity index (χ1) is 22.5. The summed E-state index contributed by atoms with van der Waals surface area (Å²) in [6.45, 7) is 4.48. The maximum Gasteiger partial charge on any atom is 0.511 e.